The maximum absolute atomic E-state index is 12.6. The zero-order valence-corrected chi connectivity index (χ0v) is 14.3. The van der Waals surface area contributed by atoms with Gasteiger partial charge in [0.2, 0.25) is 5.91 Å². The van der Waals surface area contributed by atoms with Crippen LogP contribution in [0, 0.1) is 0 Å². The number of hydrogen-bond donors (Lipinski definition) is 1. The van der Waals surface area contributed by atoms with Crippen molar-refractivity contribution in [3.8, 4) is 5.75 Å². The van der Waals surface area contributed by atoms with Crippen LogP contribution in [0.15, 0.2) is 18.2 Å². The maximum Gasteiger partial charge on any atom is 0.260 e. The van der Waals surface area contributed by atoms with E-state index >= 15 is 0 Å². The summed E-state index contributed by atoms with van der Waals surface area (Å²) in [6, 6.07) is 5.78. The Morgan fingerprint density at radius 1 is 1.28 bits per heavy atom. The second-order valence-electron chi connectivity index (χ2n) is 7.00. The minimum Gasteiger partial charge on any atom is -0.484 e. The van der Waals surface area contributed by atoms with E-state index in [0.717, 1.165) is 30.5 Å². The Bertz CT molecular complexity index is 673. The summed E-state index contributed by atoms with van der Waals surface area (Å²) >= 11 is 0. The molecule has 2 amide bonds. The second-order valence-corrected chi connectivity index (χ2v) is 7.00. The van der Waals surface area contributed by atoms with Crippen LogP contribution in [0.3, 0.4) is 0 Å². The first-order chi connectivity index (χ1) is 12.2. The average molecular weight is 344 g/mol. The molecule has 1 aliphatic carbocycles. The van der Waals surface area contributed by atoms with Gasteiger partial charge in [-0.25, -0.2) is 0 Å². The molecule has 2 atom stereocenters. The van der Waals surface area contributed by atoms with Crippen molar-refractivity contribution in [2.24, 2.45) is 0 Å². The minimum absolute atomic E-state index is 0.0335. The third-order valence-corrected chi connectivity index (χ3v) is 5.39. The number of aryl methyl sites for hydroxylation is 1. The van der Waals surface area contributed by atoms with Crippen molar-refractivity contribution in [3.05, 3.63) is 23.8 Å². The van der Waals surface area contributed by atoms with Crippen LogP contribution in [-0.2, 0) is 20.7 Å². The summed E-state index contributed by atoms with van der Waals surface area (Å²) < 4.78 is 11.6. The van der Waals surface area contributed by atoms with Crippen LogP contribution in [0.2, 0.25) is 0 Å². The normalized spacial score (nSPS) is 25.6. The molecule has 25 heavy (non-hydrogen) atoms. The molecule has 0 spiro atoms. The fraction of sp³-hybridized carbons (Fsp3) is 0.579. The minimum atomic E-state index is 0.0335. The number of nitrogens with one attached hydrogen (secondary N) is 1. The Hall–Kier alpha value is -2.08. The number of morpholine rings is 1. The van der Waals surface area contributed by atoms with E-state index in [2.05, 4.69) is 5.32 Å². The van der Waals surface area contributed by atoms with E-state index < -0.39 is 0 Å². The molecule has 0 aromatic heterocycles. The van der Waals surface area contributed by atoms with Gasteiger partial charge in [0.15, 0.2) is 6.61 Å². The topological polar surface area (TPSA) is 67.9 Å². The van der Waals surface area contributed by atoms with E-state index in [1.807, 2.05) is 17.0 Å². The highest BCUT2D eigenvalue weighted by Gasteiger charge is 2.36. The molecule has 4 rings (SSSR count). The lowest BCUT2D eigenvalue weighted by Gasteiger charge is -2.43. The monoisotopic (exact) mass is 344 g/mol. The molecule has 1 saturated heterocycles. The van der Waals surface area contributed by atoms with Gasteiger partial charge in [-0.15, -0.1) is 0 Å². The molecular weight excluding hydrogens is 320 g/mol. The molecule has 1 saturated carbocycles. The number of benzene rings is 1. The maximum atomic E-state index is 12.6. The van der Waals surface area contributed by atoms with Crippen LogP contribution < -0.4 is 10.1 Å². The summed E-state index contributed by atoms with van der Waals surface area (Å²) in [6.45, 7) is 1.32. The fourth-order valence-electron chi connectivity index (χ4n) is 4.08. The van der Waals surface area contributed by atoms with Gasteiger partial charge in [-0.05, 0) is 43.0 Å². The number of nitrogens with zero attached hydrogens (tertiary/aromatic N) is 1. The number of carbonyl (C=O) groups is 2. The molecule has 6 nitrogen and oxygen atoms in total. The van der Waals surface area contributed by atoms with Crippen molar-refractivity contribution < 1.29 is 19.1 Å². The third-order valence-electron chi connectivity index (χ3n) is 5.39. The molecule has 0 unspecified atom stereocenters. The fourth-order valence-corrected chi connectivity index (χ4v) is 4.08. The SMILES string of the molecule is O=C1CCc2cc(OCC(=O)N3CCO[C@H]4CCCC[C@H]43)ccc2N1. The van der Waals surface area contributed by atoms with Crippen LogP contribution in [0.5, 0.6) is 5.75 Å². The molecular formula is C19H24N2O4. The predicted molar refractivity (Wildman–Crippen MR) is 92.6 cm³/mol. The first kappa shape index (κ1) is 16.4. The second kappa shape index (κ2) is 7.04. The zero-order valence-electron chi connectivity index (χ0n) is 14.3. The highest BCUT2D eigenvalue weighted by atomic mass is 16.5. The molecule has 2 aliphatic heterocycles. The molecule has 2 fully saturated rings. The molecule has 0 bridgehead atoms. The lowest BCUT2D eigenvalue weighted by atomic mass is 9.90. The number of amides is 2. The van der Waals surface area contributed by atoms with Crippen LogP contribution in [-0.4, -0.2) is 48.6 Å². The van der Waals surface area contributed by atoms with Crippen molar-refractivity contribution >= 4 is 17.5 Å². The summed E-state index contributed by atoms with van der Waals surface area (Å²) in [5.74, 6) is 0.758. The largest absolute Gasteiger partial charge is 0.484 e. The highest BCUT2D eigenvalue weighted by Crippen LogP contribution is 2.29. The van der Waals surface area contributed by atoms with Gasteiger partial charge in [-0.3, -0.25) is 9.59 Å². The van der Waals surface area contributed by atoms with Crippen molar-refractivity contribution in [3.63, 3.8) is 0 Å². The summed E-state index contributed by atoms with van der Waals surface area (Å²) in [4.78, 5) is 26.0. The predicted octanol–water partition coefficient (Wildman–Crippen LogP) is 2.12. The van der Waals surface area contributed by atoms with Gasteiger partial charge < -0.3 is 19.7 Å². The molecule has 1 aromatic carbocycles. The molecule has 2 heterocycles. The van der Waals surface area contributed by atoms with Crippen molar-refractivity contribution in [2.45, 2.75) is 50.7 Å². The number of fused-ring (bicyclic) bond motifs is 2. The van der Waals surface area contributed by atoms with E-state index in [1.54, 1.807) is 6.07 Å². The van der Waals surface area contributed by atoms with Gasteiger partial charge in [0.25, 0.3) is 5.91 Å². The molecule has 0 radical (unpaired) electrons. The third kappa shape index (κ3) is 3.49. The van der Waals surface area contributed by atoms with Gasteiger partial charge in [-0.1, -0.05) is 12.8 Å². The average Bonchev–Trinajstić information content (AvgIpc) is 2.65. The summed E-state index contributed by atoms with van der Waals surface area (Å²) in [5, 5.41) is 2.85. The van der Waals surface area contributed by atoms with Crippen molar-refractivity contribution in [1.82, 2.24) is 4.90 Å². The first-order valence-electron chi connectivity index (χ1n) is 9.17. The van der Waals surface area contributed by atoms with Crippen LogP contribution in [0.25, 0.3) is 0 Å². The lowest BCUT2D eigenvalue weighted by Crippen LogP contribution is -2.55. The van der Waals surface area contributed by atoms with E-state index in [4.69, 9.17) is 9.47 Å². The Morgan fingerprint density at radius 2 is 2.16 bits per heavy atom. The smallest absolute Gasteiger partial charge is 0.260 e. The standard InChI is InChI=1S/C19H24N2O4/c22-18-8-5-13-11-14(6-7-15(13)20-18)25-12-19(23)21-9-10-24-17-4-2-1-3-16(17)21/h6-7,11,16-17H,1-5,8-10,12H2,(H,20,22)/t16-,17+/m1/s1. The number of hydrogen-bond acceptors (Lipinski definition) is 4. The van der Waals surface area contributed by atoms with Gasteiger partial charge in [0.1, 0.15) is 5.75 Å². The van der Waals surface area contributed by atoms with Gasteiger partial charge in [-0.2, -0.15) is 0 Å². The Morgan fingerprint density at radius 3 is 3.08 bits per heavy atom. The highest BCUT2D eigenvalue weighted by molar-refractivity contribution is 5.94. The van der Waals surface area contributed by atoms with Crippen molar-refractivity contribution in [1.29, 1.82) is 0 Å². The van der Waals surface area contributed by atoms with E-state index in [0.29, 0.717) is 31.7 Å². The first-order valence-corrected chi connectivity index (χ1v) is 9.17. The number of rotatable bonds is 3. The lowest BCUT2D eigenvalue weighted by molar-refractivity contribution is -0.151. The van der Waals surface area contributed by atoms with Crippen LogP contribution in [0.1, 0.15) is 37.7 Å². The van der Waals surface area contributed by atoms with E-state index in [-0.39, 0.29) is 30.6 Å². The van der Waals surface area contributed by atoms with E-state index in [9.17, 15) is 9.59 Å². The summed E-state index contributed by atoms with van der Waals surface area (Å²) in [6.07, 6.45) is 5.81. The quantitative estimate of drug-likeness (QED) is 0.912. The molecule has 1 aromatic rings. The summed E-state index contributed by atoms with van der Waals surface area (Å²) in [5.41, 5.74) is 1.90. The summed E-state index contributed by atoms with van der Waals surface area (Å²) in [7, 11) is 0. The number of ether oxygens (including phenoxy) is 2. The molecule has 6 heteroatoms. The van der Waals surface area contributed by atoms with Gasteiger partial charge >= 0.3 is 0 Å². The van der Waals surface area contributed by atoms with Crippen molar-refractivity contribution in [2.75, 3.05) is 25.1 Å². The Balaban J connectivity index is 1.37. The van der Waals surface area contributed by atoms with E-state index in [1.165, 1.54) is 6.42 Å². The Labute approximate surface area is 147 Å². The van der Waals surface area contributed by atoms with Gasteiger partial charge in [0, 0.05) is 18.7 Å². The number of carbonyl (C=O) groups excluding carboxylic acids is 2. The Kier molecular flexibility index (Phi) is 4.61. The zero-order chi connectivity index (χ0) is 17.2. The molecule has 3 aliphatic rings. The van der Waals surface area contributed by atoms with Crippen LogP contribution >= 0.6 is 0 Å². The molecule has 134 valence electrons. The van der Waals surface area contributed by atoms with Crippen LogP contribution in [0.4, 0.5) is 5.69 Å². The van der Waals surface area contributed by atoms with Gasteiger partial charge in [0.05, 0.1) is 18.8 Å². The molecule has 1 N–H and O–H groups in total. The number of anilines is 1.